The number of aliphatic hydroxyl groups is 2. The second-order valence-electron chi connectivity index (χ2n) is 7.16. The maximum atomic E-state index is 10.8. The molecule has 2 aliphatic heterocycles. The minimum absolute atomic E-state index is 0.204. The second-order valence-corrected chi connectivity index (χ2v) is 8.31. The highest BCUT2D eigenvalue weighted by Gasteiger charge is 2.51. The number of thioether (sulfide) groups is 1. The van der Waals surface area contributed by atoms with Crippen LogP contribution in [0.1, 0.15) is 46.0 Å². The van der Waals surface area contributed by atoms with E-state index in [0.717, 1.165) is 31.3 Å². The third kappa shape index (κ3) is 4.07. The molecule has 2 heterocycles. The predicted octanol–water partition coefficient (Wildman–Crippen LogP) is 1.50. The summed E-state index contributed by atoms with van der Waals surface area (Å²) in [5.41, 5.74) is 6.03. The van der Waals surface area contributed by atoms with Crippen LogP contribution in [-0.4, -0.2) is 57.1 Å². The molecule has 0 spiro atoms. The van der Waals surface area contributed by atoms with Crippen LogP contribution in [0.25, 0.3) is 0 Å². The Morgan fingerprint density at radius 1 is 1.46 bits per heavy atom. The van der Waals surface area contributed by atoms with Crippen LogP contribution in [0, 0.1) is 5.41 Å². The molecule has 1 aliphatic carbocycles. The number of ether oxygens (including phenoxy) is 1. The Hall–Kier alpha value is -0.760. The van der Waals surface area contributed by atoms with Crippen molar-refractivity contribution >= 4 is 17.7 Å². The molecule has 6 nitrogen and oxygen atoms in total. The molecule has 0 saturated carbocycles. The van der Waals surface area contributed by atoms with E-state index in [4.69, 9.17) is 15.6 Å². The summed E-state index contributed by atoms with van der Waals surface area (Å²) < 4.78 is 6.12. The van der Waals surface area contributed by atoms with Crippen molar-refractivity contribution in [1.82, 2.24) is 0 Å². The van der Waals surface area contributed by atoms with E-state index in [1.165, 1.54) is 0 Å². The number of hydrogen-bond donors (Lipinski definition) is 4. The molecule has 24 heavy (non-hydrogen) atoms. The standard InChI is InChI=1S/C17H29NO5S/c1-10-5-3-4-7-17(2)12(23-14(10)13(19)15(17)20)9-24-8-6-11(18)16(21)22/h11-13,15,19-20H,3-9,18H2,1-2H3,(H,21,22)/b14-10-. The van der Waals surface area contributed by atoms with E-state index in [9.17, 15) is 15.0 Å². The Kier molecular flexibility index (Phi) is 6.59. The number of hydrogen-bond acceptors (Lipinski definition) is 6. The molecule has 5 N–H and O–H groups in total. The summed E-state index contributed by atoms with van der Waals surface area (Å²) in [6, 6.07) is -0.844. The van der Waals surface area contributed by atoms with Crippen molar-refractivity contribution in [3.8, 4) is 0 Å². The van der Waals surface area contributed by atoms with E-state index < -0.39 is 29.6 Å². The van der Waals surface area contributed by atoms with Gasteiger partial charge in [0.15, 0.2) is 0 Å². The van der Waals surface area contributed by atoms with Crippen LogP contribution in [-0.2, 0) is 9.53 Å². The average molecular weight is 359 g/mol. The first-order chi connectivity index (χ1) is 11.3. The minimum atomic E-state index is -0.986. The molecule has 0 radical (unpaired) electrons. The van der Waals surface area contributed by atoms with Crippen LogP contribution in [0.4, 0.5) is 0 Å². The molecule has 1 saturated heterocycles. The monoisotopic (exact) mass is 359 g/mol. The molecule has 0 aromatic heterocycles. The summed E-state index contributed by atoms with van der Waals surface area (Å²) in [7, 11) is 0. The molecule has 5 unspecified atom stereocenters. The lowest BCUT2D eigenvalue weighted by atomic mass is 9.71. The van der Waals surface area contributed by atoms with Crippen molar-refractivity contribution in [3.05, 3.63) is 11.3 Å². The fraction of sp³-hybridized carbons (Fsp3) is 0.824. The zero-order valence-corrected chi connectivity index (χ0v) is 15.2. The number of carbonyl (C=O) groups is 1. The minimum Gasteiger partial charge on any atom is -0.490 e. The van der Waals surface area contributed by atoms with E-state index >= 15 is 0 Å². The molecule has 138 valence electrons. The summed E-state index contributed by atoms with van der Waals surface area (Å²) in [5, 5.41) is 30.0. The Balaban J connectivity index is 2.05. The van der Waals surface area contributed by atoms with Crippen LogP contribution in [0.15, 0.2) is 11.3 Å². The number of nitrogens with two attached hydrogens (primary N) is 1. The van der Waals surface area contributed by atoms with Crippen LogP contribution >= 0.6 is 11.8 Å². The van der Waals surface area contributed by atoms with Crippen molar-refractivity contribution < 1.29 is 24.9 Å². The molecule has 1 fully saturated rings. The number of aliphatic carboxylic acids is 1. The van der Waals surface area contributed by atoms with Gasteiger partial charge >= 0.3 is 5.97 Å². The predicted molar refractivity (Wildman–Crippen MR) is 93.7 cm³/mol. The summed E-state index contributed by atoms with van der Waals surface area (Å²) in [4.78, 5) is 10.8. The highest BCUT2D eigenvalue weighted by Crippen LogP contribution is 2.46. The number of carboxylic acids is 1. The first-order valence-corrected chi connectivity index (χ1v) is 9.71. The van der Waals surface area contributed by atoms with Gasteiger partial charge in [-0.1, -0.05) is 13.3 Å². The number of rotatable bonds is 6. The molecular formula is C17H29NO5S. The molecule has 7 heteroatoms. The fourth-order valence-electron chi connectivity index (χ4n) is 3.48. The molecule has 2 bridgehead atoms. The van der Waals surface area contributed by atoms with Gasteiger partial charge in [0.1, 0.15) is 24.0 Å². The molecule has 3 aliphatic rings. The number of carboxylic acid groups (broad SMARTS) is 1. The normalized spacial score (nSPS) is 38.0. The van der Waals surface area contributed by atoms with Gasteiger partial charge in [-0.2, -0.15) is 11.8 Å². The van der Waals surface area contributed by atoms with E-state index in [2.05, 4.69) is 0 Å². The van der Waals surface area contributed by atoms with Gasteiger partial charge in [-0.05, 0) is 43.9 Å². The summed E-state index contributed by atoms with van der Waals surface area (Å²) in [6.07, 6.45) is 2.08. The van der Waals surface area contributed by atoms with Crippen LogP contribution in [0.5, 0.6) is 0 Å². The molecule has 3 rings (SSSR count). The maximum Gasteiger partial charge on any atom is 0.320 e. The Morgan fingerprint density at radius 3 is 2.83 bits per heavy atom. The van der Waals surface area contributed by atoms with Gasteiger partial charge in [0.2, 0.25) is 0 Å². The largest absolute Gasteiger partial charge is 0.490 e. The van der Waals surface area contributed by atoms with Gasteiger partial charge in [-0.25, -0.2) is 0 Å². The van der Waals surface area contributed by atoms with Gasteiger partial charge < -0.3 is 25.8 Å². The van der Waals surface area contributed by atoms with Crippen LogP contribution < -0.4 is 5.73 Å². The zero-order chi connectivity index (χ0) is 17.9. The third-order valence-electron chi connectivity index (χ3n) is 5.35. The van der Waals surface area contributed by atoms with Gasteiger partial charge in [0.25, 0.3) is 0 Å². The molecule has 0 amide bonds. The Bertz CT molecular complexity index is 497. The maximum absolute atomic E-state index is 10.8. The molecule has 0 aromatic rings. The second kappa shape index (κ2) is 8.08. The lowest BCUT2D eigenvalue weighted by molar-refractivity contribution is -0.162. The van der Waals surface area contributed by atoms with Crippen LogP contribution in [0.3, 0.4) is 0 Å². The number of aliphatic hydroxyl groups excluding tert-OH is 2. The molecule has 5 atom stereocenters. The number of fused-ring (bicyclic) bond motifs is 6. The van der Waals surface area contributed by atoms with Crippen molar-refractivity contribution in [2.24, 2.45) is 11.1 Å². The topological polar surface area (TPSA) is 113 Å². The summed E-state index contributed by atoms with van der Waals surface area (Å²) >= 11 is 1.59. The SMILES string of the molecule is C/C1=C2/OC(CSCCC(N)C(=O)O)C(C)(CCCC1)C(O)C2O. The molecular weight excluding hydrogens is 330 g/mol. The van der Waals surface area contributed by atoms with Crippen molar-refractivity contribution in [3.63, 3.8) is 0 Å². The average Bonchev–Trinajstić information content (AvgIpc) is 2.62. The van der Waals surface area contributed by atoms with Gasteiger partial charge in [0.05, 0.1) is 6.10 Å². The lowest BCUT2D eigenvalue weighted by Crippen LogP contribution is -2.56. The zero-order valence-electron chi connectivity index (χ0n) is 14.4. The van der Waals surface area contributed by atoms with E-state index in [1.807, 2.05) is 13.8 Å². The summed E-state index contributed by atoms with van der Waals surface area (Å²) in [6.45, 7) is 3.93. The van der Waals surface area contributed by atoms with Gasteiger partial charge in [-0.3, -0.25) is 4.79 Å². The lowest BCUT2D eigenvalue weighted by Gasteiger charge is -2.48. The highest BCUT2D eigenvalue weighted by atomic mass is 32.2. The summed E-state index contributed by atoms with van der Waals surface area (Å²) in [5.74, 6) is 0.804. The Labute approximate surface area is 147 Å². The number of allylic oxidation sites excluding steroid dienone is 1. The van der Waals surface area contributed by atoms with Crippen molar-refractivity contribution in [2.75, 3.05) is 11.5 Å². The van der Waals surface area contributed by atoms with E-state index in [1.54, 1.807) is 11.8 Å². The molecule has 0 aromatic carbocycles. The van der Waals surface area contributed by atoms with Gasteiger partial charge in [0, 0.05) is 11.2 Å². The van der Waals surface area contributed by atoms with Crippen molar-refractivity contribution in [1.29, 1.82) is 0 Å². The first-order valence-electron chi connectivity index (χ1n) is 8.56. The fourth-order valence-corrected chi connectivity index (χ4v) is 4.73. The quantitative estimate of drug-likeness (QED) is 0.532. The third-order valence-corrected chi connectivity index (χ3v) is 6.41. The van der Waals surface area contributed by atoms with Gasteiger partial charge in [-0.15, -0.1) is 0 Å². The highest BCUT2D eigenvalue weighted by molar-refractivity contribution is 7.99. The Morgan fingerprint density at radius 2 is 2.17 bits per heavy atom. The van der Waals surface area contributed by atoms with Crippen molar-refractivity contribution in [2.45, 2.75) is 70.3 Å². The first kappa shape index (κ1) is 19.6. The van der Waals surface area contributed by atoms with E-state index in [-0.39, 0.29) is 6.10 Å². The van der Waals surface area contributed by atoms with E-state index in [0.29, 0.717) is 23.7 Å². The smallest absolute Gasteiger partial charge is 0.320 e. The van der Waals surface area contributed by atoms with Crippen LogP contribution in [0.2, 0.25) is 0 Å².